The molecule has 1 unspecified atom stereocenters. The number of aromatic nitrogens is 2. The standard InChI is InChI=1S/C13H20Cl2N2O/c1-5-7-9(18-6-2)13-16-11(14)10(8(3)4)12(15)17-13/h8-9H,5-7H2,1-4H3. The summed E-state index contributed by atoms with van der Waals surface area (Å²) in [7, 11) is 0. The van der Waals surface area contributed by atoms with Crippen LogP contribution in [0.25, 0.3) is 0 Å². The van der Waals surface area contributed by atoms with Crippen molar-refractivity contribution in [3.05, 3.63) is 21.7 Å². The van der Waals surface area contributed by atoms with Gasteiger partial charge >= 0.3 is 0 Å². The molecule has 0 saturated carbocycles. The van der Waals surface area contributed by atoms with E-state index < -0.39 is 0 Å². The second-order valence-corrected chi connectivity index (χ2v) is 5.18. The molecule has 0 spiro atoms. The van der Waals surface area contributed by atoms with Crippen LogP contribution in [0.3, 0.4) is 0 Å². The lowest BCUT2D eigenvalue weighted by Gasteiger charge is -2.17. The summed E-state index contributed by atoms with van der Waals surface area (Å²) >= 11 is 12.4. The molecule has 1 aromatic heterocycles. The summed E-state index contributed by atoms with van der Waals surface area (Å²) < 4.78 is 5.64. The number of halogens is 2. The third-order valence-electron chi connectivity index (χ3n) is 2.65. The molecule has 0 aliphatic heterocycles. The fourth-order valence-corrected chi connectivity index (χ4v) is 2.64. The number of hydrogen-bond acceptors (Lipinski definition) is 3. The van der Waals surface area contributed by atoms with Gasteiger partial charge in [-0.05, 0) is 19.3 Å². The van der Waals surface area contributed by atoms with Crippen LogP contribution in [0.1, 0.15) is 63.9 Å². The predicted octanol–water partition coefficient (Wildman–Crippen LogP) is 4.78. The van der Waals surface area contributed by atoms with Gasteiger partial charge in [-0.1, -0.05) is 50.4 Å². The van der Waals surface area contributed by atoms with Gasteiger partial charge in [0.25, 0.3) is 0 Å². The fourth-order valence-electron chi connectivity index (χ4n) is 1.80. The van der Waals surface area contributed by atoms with Crippen LogP contribution < -0.4 is 0 Å². The summed E-state index contributed by atoms with van der Waals surface area (Å²) in [6.45, 7) is 8.70. The summed E-state index contributed by atoms with van der Waals surface area (Å²) in [4.78, 5) is 8.68. The van der Waals surface area contributed by atoms with E-state index in [2.05, 4.69) is 16.9 Å². The van der Waals surface area contributed by atoms with Crippen LogP contribution in [0.5, 0.6) is 0 Å². The Kier molecular flexibility index (Phi) is 6.33. The number of hydrogen-bond donors (Lipinski definition) is 0. The molecular formula is C13H20Cl2N2O. The maximum absolute atomic E-state index is 6.18. The summed E-state index contributed by atoms with van der Waals surface area (Å²) in [5.41, 5.74) is 0.800. The molecule has 1 heterocycles. The molecule has 0 aromatic carbocycles. The van der Waals surface area contributed by atoms with Gasteiger partial charge in [-0.3, -0.25) is 0 Å². The zero-order valence-corrected chi connectivity index (χ0v) is 12.8. The van der Waals surface area contributed by atoms with E-state index in [0.717, 1.165) is 18.4 Å². The molecule has 0 radical (unpaired) electrons. The number of rotatable bonds is 6. The van der Waals surface area contributed by atoms with E-state index >= 15 is 0 Å². The first-order valence-electron chi connectivity index (χ1n) is 6.35. The highest BCUT2D eigenvalue weighted by molar-refractivity contribution is 6.34. The molecule has 0 aliphatic rings. The van der Waals surface area contributed by atoms with Crippen LogP contribution in [0.15, 0.2) is 0 Å². The van der Waals surface area contributed by atoms with Crippen molar-refractivity contribution in [2.24, 2.45) is 0 Å². The Bertz CT molecular complexity index is 368. The highest BCUT2D eigenvalue weighted by Crippen LogP contribution is 2.31. The molecule has 0 bridgehead atoms. The Balaban J connectivity index is 3.10. The SMILES string of the molecule is CCCC(OCC)c1nc(Cl)c(C(C)C)c(Cl)n1. The van der Waals surface area contributed by atoms with Crippen molar-refractivity contribution in [2.45, 2.75) is 52.6 Å². The van der Waals surface area contributed by atoms with Crippen LogP contribution in [0, 0.1) is 0 Å². The third kappa shape index (κ3) is 3.81. The van der Waals surface area contributed by atoms with Crippen LogP contribution in [0.4, 0.5) is 0 Å². The van der Waals surface area contributed by atoms with Crippen LogP contribution in [0.2, 0.25) is 10.3 Å². The minimum atomic E-state index is -0.129. The Morgan fingerprint density at radius 2 is 1.67 bits per heavy atom. The first kappa shape index (κ1) is 15.7. The molecule has 5 heteroatoms. The normalized spacial score (nSPS) is 13.1. The van der Waals surface area contributed by atoms with Crippen molar-refractivity contribution in [1.29, 1.82) is 0 Å². The van der Waals surface area contributed by atoms with Gasteiger partial charge in [-0.2, -0.15) is 0 Å². The molecule has 0 N–H and O–H groups in total. The molecule has 0 aliphatic carbocycles. The van der Waals surface area contributed by atoms with Crippen molar-refractivity contribution in [1.82, 2.24) is 9.97 Å². The van der Waals surface area contributed by atoms with E-state index in [4.69, 9.17) is 27.9 Å². The van der Waals surface area contributed by atoms with E-state index in [1.165, 1.54) is 0 Å². The van der Waals surface area contributed by atoms with Crippen LogP contribution in [-0.4, -0.2) is 16.6 Å². The smallest absolute Gasteiger partial charge is 0.160 e. The van der Waals surface area contributed by atoms with E-state index in [1.54, 1.807) is 0 Å². The lowest BCUT2D eigenvalue weighted by molar-refractivity contribution is 0.0493. The zero-order chi connectivity index (χ0) is 13.7. The zero-order valence-electron chi connectivity index (χ0n) is 11.3. The van der Waals surface area contributed by atoms with Gasteiger partial charge in [0.05, 0.1) is 0 Å². The van der Waals surface area contributed by atoms with E-state index in [1.807, 2.05) is 20.8 Å². The van der Waals surface area contributed by atoms with E-state index in [9.17, 15) is 0 Å². The van der Waals surface area contributed by atoms with Crippen LogP contribution >= 0.6 is 23.2 Å². The van der Waals surface area contributed by atoms with Gasteiger partial charge in [-0.15, -0.1) is 0 Å². The van der Waals surface area contributed by atoms with Gasteiger partial charge in [0.1, 0.15) is 16.4 Å². The third-order valence-corrected chi connectivity index (χ3v) is 3.23. The fraction of sp³-hybridized carbons (Fsp3) is 0.692. The molecule has 0 fully saturated rings. The molecular weight excluding hydrogens is 271 g/mol. The van der Waals surface area contributed by atoms with E-state index in [-0.39, 0.29) is 12.0 Å². The molecule has 3 nitrogen and oxygen atoms in total. The topological polar surface area (TPSA) is 35.0 Å². The largest absolute Gasteiger partial charge is 0.371 e. The molecule has 1 rings (SSSR count). The lowest BCUT2D eigenvalue weighted by Crippen LogP contribution is -2.11. The van der Waals surface area contributed by atoms with Gasteiger partial charge in [0.15, 0.2) is 5.82 Å². The average molecular weight is 291 g/mol. The Hall–Kier alpha value is -0.380. The molecule has 1 aromatic rings. The molecule has 18 heavy (non-hydrogen) atoms. The van der Waals surface area contributed by atoms with Gasteiger partial charge in [0, 0.05) is 12.2 Å². The van der Waals surface area contributed by atoms with Gasteiger partial charge < -0.3 is 4.74 Å². The van der Waals surface area contributed by atoms with Crippen molar-refractivity contribution in [2.75, 3.05) is 6.61 Å². The molecule has 0 saturated heterocycles. The second-order valence-electron chi connectivity index (χ2n) is 4.46. The Morgan fingerprint density at radius 1 is 1.11 bits per heavy atom. The predicted molar refractivity (Wildman–Crippen MR) is 75.4 cm³/mol. The molecule has 1 atom stereocenters. The van der Waals surface area contributed by atoms with Crippen molar-refractivity contribution in [3.63, 3.8) is 0 Å². The summed E-state index contributed by atoms with van der Waals surface area (Å²) in [6, 6.07) is 0. The highest BCUT2D eigenvalue weighted by Gasteiger charge is 2.20. The molecule has 0 amide bonds. The van der Waals surface area contributed by atoms with Gasteiger partial charge in [0.2, 0.25) is 0 Å². The minimum absolute atomic E-state index is 0.129. The highest BCUT2D eigenvalue weighted by atomic mass is 35.5. The summed E-state index contributed by atoms with van der Waals surface area (Å²) in [5, 5.41) is 0.863. The van der Waals surface area contributed by atoms with Crippen LogP contribution in [-0.2, 0) is 4.74 Å². The number of ether oxygens (including phenoxy) is 1. The van der Waals surface area contributed by atoms with E-state index in [0.29, 0.717) is 22.7 Å². The Labute approximate surface area is 119 Å². The maximum atomic E-state index is 6.18. The molecule has 102 valence electrons. The number of nitrogens with zero attached hydrogens (tertiary/aromatic N) is 2. The quantitative estimate of drug-likeness (QED) is 0.707. The first-order valence-corrected chi connectivity index (χ1v) is 7.11. The lowest BCUT2D eigenvalue weighted by atomic mass is 10.1. The summed E-state index contributed by atoms with van der Waals surface area (Å²) in [5.74, 6) is 0.786. The van der Waals surface area contributed by atoms with Crippen molar-refractivity contribution in [3.8, 4) is 0 Å². The second kappa shape index (κ2) is 7.27. The Morgan fingerprint density at radius 3 is 2.06 bits per heavy atom. The van der Waals surface area contributed by atoms with Crippen molar-refractivity contribution < 1.29 is 4.74 Å². The van der Waals surface area contributed by atoms with Crippen molar-refractivity contribution >= 4 is 23.2 Å². The van der Waals surface area contributed by atoms with Gasteiger partial charge in [-0.25, -0.2) is 9.97 Å². The monoisotopic (exact) mass is 290 g/mol. The average Bonchev–Trinajstić information content (AvgIpc) is 2.27. The summed E-state index contributed by atoms with van der Waals surface area (Å²) in [6.07, 6.45) is 1.73. The first-order chi connectivity index (χ1) is 8.51. The minimum Gasteiger partial charge on any atom is -0.371 e. The maximum Gasteiger partial charge on any atom is 0.160 e.